The van der Waals surface area contributed by atoms with Crippen molar-refractivity contribution in [2.75, 3.05) is 46.2 Å². The Balaban J connectivity index is 2.28. The van der Waals surface area contributed by atoms with Crippen molar-refractivity contribution in [3.05, 3.63) is 28.3 Å². The van der Waals surface area contributed by atoms with Crippen LogP contribution in [0.4, 0.5) is 11.4 Å². The molecule has 2 rings (SSSR count). The van der Waals surface area contributed by atoms with Crippen molar-refractivity contribution in [2.24, 2.45) is 0 Å². The van der Waals surface area contributed by atoms with Crippen LogP contribution in [0.25, 0.3) is 0 Å². The zero-order valence-corrected chi connectivity index (χ0v) is 15.4. The molecule has 0 aromatic heterocycles. The Morgan fingerprint density at radius 3 is 2.68 bits per heavy atom. The molecule has 0 amide bonds. The number of nitrogens with zero attached hydrogens (tertiary/aromatic N) is 2. The zero-order valence-electron chi connectivity index (χ0n) is 14.6. The Morgan fingerprint density at radius 1 is 1.44 bits per heavy atom. The van der Waals surface area contributed by atoms with Crippen molar-refractivity contribution in [1.82, 2.24) is 9.62 Å². The van der Waals surface area contributed by atoms with E-state index in [0.717, 1.165) is 29.8 Å². The summed E-state index contributed by atoms with van der Waals surface area (Å²) in [7, 11) is 0.649. The summed E-state index contributed by atoms with van der Waals surface area (Å²) in [5.41, 5.74) is -0.267. The van der Waals surface area contributed by atoms with Crippen LogP contribution < -0.4 is 10.6 Å². The highest BCUT2D eigenvalue weighted by Crippen LogP contribution is 2.30. The lowest BCUT2D eigenvalue weighted by Crippen LogP contribution is -2.49. The van der Waals surface area contributed by atoms with Crippen molar-refractivity contribution >= 4 is 21.4 Å². The molecule has 1 aromatic rings. The van der Waals surface area contributed by atoms with Crippen LogP contribution in [-0.4, -0.2) is 64.1 Å². The van der Waals surface area contributed by atoms with Crippen LogP contribution in [0.15, 0.2) is 23.1 Å². The lowest BCUT2D eigenvalue weighted by atomic mass is 9.98. The van der Waals surface area contributed by atoms with E-state index in [4.69, 9.17) is 4.74 Å². The van der Waals surface area contributed by atoms with Gasteiger partial charge in [0.25, 0.3) is 5.69 Å². The van der Waals surface area contributed by atoms with Gasteiger partial charge in [-0.2, -0.15) is 0 Å². The minimum absolute atomic E-state index is 0.111. The smallest absolute Gasteiger partial charge is 0.293 e. The number of nitro benzene ring substituents is 1. The Bertz CT molecular complexity index is 729. The monoisotopic (exact) mass is 372 g/mol. The average molecular weight is 372 g/mol. The van der Waals surface area contributed by atoms with E-state index >= 15 is 0 Å². The van der Waals surface area contributed by atoms with Gasteiger partial charge in [0.05, 0.1) is 22.0 Å². The normalized spacial score (nSPS) is 20.8. The van der Waals surface area contributed by atoms with E-state index in [1.54, 1.807) is 7.11 Å². The van der Waals surface area contributed by atoms with Crippen molar-refractivity contribution in [3.63, 3.8) is 0 Å². The number of hydrogen-bond acceptors (Lipinski definition) is 7. The van der Waals surface area contributed by atoms with Gasteiger partial charge in [0.15, 0.2) is 0 Å². The lowest BCUT2D eigenvalue weighted by Gasteiger charge is -2.29. The van der Waals surface area contributed by atoms with Crippen molar-refractivity contribution in [2.45, 2.75) is 23.3 Å². The summed E-state index contributed by atoms with van der Waals surface area (Å²) in [5, 5.41) is 17.8. The van der Waals surface area contributed by atoms with Gasteiger partial charge in [0.1, 0.15) is 5.69 Å². The molecule has 1 fully saturated rings. The maximum absolute atomic E-state index is 12.2. The standard InChI is InChI=1S/C15H24N4O5S/c1-18(2)25(22,23)12-5-6-13(14(9-12)19(20)21)16-10-15(11-24-3)7-4-8-17-15/h5-6,9,16-17H,4,7-8,10-11H2,1-3H3. The number of anilines is 1. The molecule has 0 spiro atoms. The number of hydrogen-bond donors (Lipinski definition) is 2. The molecule has 0 radical (unpaired) electrons. The van der Waals surface area contributed by atoms with Gasteiger partial charge in [-0.3, -0.25) is 10.1 Å². The van der Waals surface area contributed by atoms with Crippen LogP contribution in [0.3, 0.4) is 0 Å². The SMILES string of the molecule is COCC1(CNc2ccc(S(=O)(=O)N(C)C)cc2[N+](=O)[O-])CCCN1. The van der Waals surface area contributed by atoms with Crippen LogP contribution in [-0.2, 0) is 14.8 Å². The first-order valence-electron chi connectivity index (χ1n) is 7.91. The van der Waals surface area contributed by atoms with E-state index in [2.05, 4.69) is 10.6 Å². The molecule has 0 aliphatic carbocycles. The van der Waals surface area contributed by atoms with E-state index in [-0.39, 0.29) is 21.8 Å². The van der Waals surface area contributed by atoms with Crippen LogP contribution in [0, 0.1) is 10.1 Å². The Labute approximate surface area is 147 Å². The third-order valence-electron chi connectivity index (χ3n) is 4.31. The minimum Gasteiger partial charge on any atom is -0.383 e. The van der Waals surface area contributed by atoms with Gasteiger partial charge in [-0.15, -0.1) is 0 Å². The third-order valence-corrected chi connectivity index (χ3v) is 6.13. The van der Waals surface area contributed by atoms with E-state index in [0.29, 0.717) is 13.2 Å². The summed E-state index contributed by atoms with van der Waals surface area (Å²) >= 11 is 0. The molecule has 1 aromatic carbocycles. The fourth-order valence-corrected chi connectivity index (χ4v) is 3.84. The molecule has 1 atom stereocenters. The zero-order chi connectivity index (χ0) is 18.7. The van der Waals surface area contributed by atoms with Gasteiger partial charge in [0, 0.05) is 33.8 Å². The predicted molar refractivity (Wildman–Crippen MR) is 94.3 cm³/mol. The summed E-state index contributed by atoms with van der Waals surface area (Å²) in [6.07, 6.45) is 1.90. The summed E-state index contributed by atoms with van der Waals surface area (Å²) in [5.74, 6) is 0. The highest BCUT2D eigenvalue weighted by molar-refractivity contribution is 7.89. The predicted octanol–water partition coefficient (Wildman–Crippen LogP) is 1.03. The van der Waals surface area contributed by atoms with E-state index in [9.17, 15) is 18.5 Å². The molecule has 9 nitrogen and oxygen atoms in total. The van der Waals surface area contributed by atoms with Gasteiger partial charge >= 0.3 is 0 Å². The molecule has 1 heterocycles. The van der Waals surface area contributed by atoms with Gasteiger partial charge in [-0.25, -0.2) is 12.7 Å². The van der Waals surface area contributed by atoms with E-state index in [1.165, 1.54) is 26.2 Å². The largest absolute Gasteiger partial charge is 0.383 e. The summed E-state index contributed by atoms with van der Waals surface area (Å²) < 4.78 is 30.6. The van der Waals surface area contributed by atoms with Gasteiger partial charge in [-0.1, -0.05) is 0 Å². The van der Waals surface area contributed by atoms with E-state index in [1.807, 2.05) is 0 Å². The molecule has 25 heavy (non-hydrogen) atoms. The second-order valence-electron chi connectivity index (χ2n) is 6.32. The average Bonchev–Trinajstić information content (AvgIpc) is 3.01. The van der Waals surface area contributed by atoms with Crippen molar-refractivity contribution in [3.8, 4) is 0 Å². The number of nitrogens with one attached hydrogen (secondary N) is 2. The first kappa shape index (κ1) is 19.6. The molecule has 1 saturated heterocycles. The van der Waals surface area contributed by atoms with Gasteiger partial charge in [-0.05, 0) is 31.5 Å². The maximum atomic E-state index is 12.2. The second kappa shape index (κ2) is 7.65. The topological polar surface area (TPSA) is 114 Å². The number of benzene rings is 1. The number of nitro groups is 1. The summed E-state index contributed by atoms with van der Waals surface area (Å²) in [4.78, 5) is 10.7. The number of sulfonamides is 1. The molecule has 0 saturated carbocycles. The maximum Gasteiger partial charge on any atom is 0.293 e. The molecular formula is C15H24N4O5S. The molecule has 10 heteroatoms. The van der Waals surface area contributed by atoms with Gasteiger partial charge in [0.2, 0.25) is 10.0 Å². The number of ether oxygens (including phenoxy) is 1. The van der Waals surface area contributed by atoms with Crippen LogP contribution in [0.5, 0.6) is 0 Å². The number of methoxy groups -OCH3 is 1. The summed E-state index contributed by atoms with van der Waals surface area (Å²) in [6.45, 7) is 1.80. The summed E-state index contributed by atoms with van der Waals surface area (Å²) in [6, 6.07) is 3.89. The molecule has 140 valence electrons. The first-order chi connectivity index (χ1) is 11.7. The van der Waals surface area contributed by atoms with Gasteiger partial charge < -0.3 is 15.4 Å². The Morgan fingerprint density at radius 2 is 2.16 bits per heavy atom. The van der Waals surface area contributed by atoms with Crippen molar-refractivity contribution < 1.29 is 18.1 Å². The second-order valence-corrected chi connectivity index (χ2v) is 8.47. The van der Waals surface area contributed by atoms with Crippen LogP contribution in [0.1, 0.15) is 12.8 Å². The fourth-order valence-electron chi connectivity index (χ4n) is 2.92. The number of rotatable bonds is 8. The molecule has 1 aliphatic rings. The Hall–Kier alpha value is -1.75. The molecule has 0 bridgehead atoms. The highest BCUT2D eigenvalue weighted by Gasteiger charge is 2.34. The fraction of sp³-hybridized carbons (Fsp3) is 0.600. The van der Waals surface area contributed by atoms with Crippen LogP contribution in [0.2, 0.25) is 0 Å². The molecule has 2 N–H and O–H groups in total. The van der Waals surface area contributed by atoms with Crippen LogP contribution >= 0.6 is 0 Å². The molecule has 1 unspecified atom stereocenters. The van der Waals surface area contributed by atoms with Crippen molar-refractivity contribution in [1.29, 1.82) is 0 Å². The molecule has 1 aliphatic heterocycles. The Kier molecular flexibility index (Phi) is 5.99. The lowest BCUT2D eigenvalue weighted by molar-refractivity contribution is -0.384. The molecular weight excluding hydrogens is 348 g/mol. The highest BCUT2D eigenvalue weighted by atomic mass is 32.2. The third kappa shape index (κ3) is 4.27. The first-order valence-corrected chi connectivity index (χ1v) is 9.35. The quantitative estimate of drug-likeness (QED) is 0.517. The minimum atomic E-state index is -3.73. The van der Waals surface area contributed by atoms with E-state index < -0.39 is 14.9 Å².